The van der Waals surface area contributed by atoms with Crippen molar-refractivity contribution < 1.29 is 29.0 Å². The highest BCUT2D eigenvalue weighted by Gasteiger charge is 2.47. The molecule has 7 nitrogen and oxygen atoms in total. The van der Waals surface area contributed by atoms with Gasteiger partial charge in [0.25, 0.3) is 11.7 Å². The molecule has 36 heavy (non-hydrogen) atoms. The van der Waals surface area contributed by atoms with Crippen molar-refractivity contribution in [3.05, 3.63) is 99.6 Å². The second-order valence-corrected chi connectivity index (χ2v) is 8.59. The van der Waals surface area contributed by atoms with Gasteiger partial charge >= 0.3 is 5.97 Å². The van der Waals surface area contributed by atoms with E-state index < -0.39 is 29.5 Å². The number of carbonyl (C=O) groups is 3. The Kier molecular flexibility index (Phi) is 7.12. The van der Waals surface area contributed by atoms with E-state index in [0.29, 0.717) is 16.3 Å². The van der Waals surface area contributed by atoms with Crippen LogP contribution in [0.4, 0.5) is 5.69 Å². The number of aryl methyl sites for hydroxylation is 1. The lowest BCUT2D eigenvalue weighted by Crippen LogP contribution is -2.29. The number of Topliss-reactive ketones (excluding diaryl/α,β-unsaturated/α-hetero) is 1. The number of aliphatic hydroxyl groups excluding tert-OH is 1. The Morgan fingerprint density at radius 1 is 1.03 bits per heavy atom. The van der Waals surface area contributed by atoms with Crippen molar-refractivity contribution in [2.24, 2.45) is 0 Å². The van der Waals surface area contributed by atoms with Crippen LogP contribution >= 0.6 is 11.6 Å². The molecule has 1 atom stereocenters. The monoisotopic (exact) mass is 505 g/mol. The van der Waals surface area contributed by atoms with Crippen LogP contribution < -0.4 is 9.64 Å². The van der Waals surface area contributed by atoms with Gasteiger partial charge in [-0.1, -0.05) is 48.9 Å². The number of ketones is 1. The third-order valence-corrected chi connectivity index (χ3v) is 6.35. The number of aliphatic hydroxyl groups is 1. The highest BCUT2D eigenvalue weighted by atomic mass is 35.5. The van der Waals surface area contributed by atoms with E-state index in [1.54, 1.807) is 30.3 Å². The zero-order valence-corrected chi connectivity index (χ0v) is 20.7. The molecule has 4 rings (SSSR count). The number of esters is 1. The van der Waals surface area contributed by atoms with Crippen molar-refractivity contribution in [1.82, 2.24) is 0 Å². The van der Waals surface area contributed by atoms with Gasteiger partial charge in [0.2, 0.25) is 0 Å². The van der Waals surface area contributed by atoms with Crippen molar-refractivity contribution in [2.45, 2.75) is 19.4 Å². The number of hydrogen-bond acceptors (Lipinski definition) is 6. The molecule has 1 aliphatic rings. The standard InChI is InChI=1S/C28H24ClNO6/c1-4-16-8-10-17(11-9-16)24-23(25(31)21-15-19(29)12-13-22(21)35-2)26(32)27(33)30(24)20-7-5-6-18(14-20)28(34)36-3/h5-15,24,31H,4H2,1-3H3/b25-23+. The summed E-state index contributed by atoms with van der Waals surface area (Å²) in [6.45, 7) is 2.02. The fourth-order valence-corrected chi connectivity index (χ4v) is 4.43. The molecule has 3 aromatic rings. The lowest BCUT2D eigenvalue weighted by atomic mass is 9.94. The number of rotatable bonds is 6. The summed E-state index contributed by atoms with van der Waals surface area (Å²) in [5.74, 6) is -2.42. The summed E-state index contributed by atoms with van der Waals surface area (Å²) in [6.07, 6.45) is 0.807. The largest absolute Gasteiger partial charge is 0.507 e. The number of amides is 1. The van der Waals surface area contributed by atoms with E-state index in [1.807, 2.05) is 31.2 Å². The van der Waals surface area contributed by atoms with Crippen LogP contribution in [0.3, 0.4) is 0 Å². The average molecular weight is 506 g/mol. The third-order valence-electron chi connectivity index (χ3n) is 6.11. The SMILES string of the molecule is CCc1ccc(C2/C(=C(\O)c3cc(Cl)ccc3OC)C(=O)C(=O)N2c2cccc(C(=O)OC)c2)cc1. The van der Waals surface area contributed by atoms with Gasteiger partial charge in [-0.05, 0) is 53.9 Å². The lowest BCUT2D eigenvalue weighted by molar-refractivity contribution is -0.132. The minimum atomic E-state index is -0.965. The van der Waals surface area contributed by atoms with Crippen LogP contribution in [0.1, 0.15) is 40.0 Å². The highest BCUT2D eigenvalue weighted by Crippen LogP contribution is 2.43. The number of halogens is 1. The van der Waals surface area contributed by atoms with E-state index in [-0.39, 0.29) is 22.4 Å². The molecule has 0 saturated carbocycles. The minimum Gasteiger partial charge on any atom is -0.507 e. The number of benzene rings is 3. The maximum Gasteiger partial charge on any atom is 0.337 e. The van der Waals surface area contributed by atoms with Crippen LogP contribution in [0.5, 0.6) is 5.75 Å². The van der Waals surface area contributed by atoms with Gasteiger partial charge in [0, 0.05) is 10.7 Å². The molecule has 3 aromatic carbocycles. The molecule has 184 valence electrons. The quantitative estimate of drug-likeness (QED) is 0.211. The first kappa shape index (κ1) is 25.0. The van der Waals surface area contributed by atoms with Crippen molar-refractivity contribution in [3.63, 3.8) is 0 Å². The predicted octanol–water partition coefficient (Wildman–Crippen LogP) is 5.32. The fourth-order valence-electron chi connectivity index (χ4n) is 4.26. The van der Waals surface area contributed by atoms with Gasteiger partial charge in [0.15, 0.2) is 0 Å². The Labute approximate surface area is 213 Å². The molecule has 1 amide bonds. The molecule has 0 aliphatic carbocycles. The zero-order valence-electron chi connectivity index (χ0n) is 19.9. The van der Waals surface area contributed by atoms with Crippen LogP contribution in [-0.4, -0.2) is 37.0 Å². The van der Waals surface area contributed by atoms with Crippen LogP contribution in [0.2, 0.25) is 5.02 Å². The topological polar surface area (TPSA) is 93.1 Å². The molecule has 1 N–H and O–H groups in total. The van der Waals surface area contributed by atoms with E-state index in [4.69, 9.17) is 21.1 Å². The summed E-state index contributed by atoms with van der Waals surface area (Å²) in [6, 6.07) is 17.3. The summed E-state index contributed by atoms with van der Waals surface area (Å²) in [5.41, 5.74) is 2.27. The van der Waals surface area contributed by atoms with Crippen molar-refractivity contribution in [2.75, 3.05) is 19.1 Å². The minimum absolute atomic E-state index is 0.117. The number of nitrogens with zero attached hydrogens (tertiary/aromatic N) is 1. The molecule has 1 heterocycles. The third kappa shape index (κ3) is 4.45. The molecule has 1 unspecified atom stereocenters. The second kappa shape index (κ2) is 10.3. The van der Waals surface area contributed by atoms with Crippen LogP contribution in [0.15, 0.2) is 72.3 Å². The van der Waals surface area contributed by atoms with Gasteiger partial charge in [0.1, 0.15) is 11.5 Å². The van der Waals surface area contributed by atoms with Crippen molar-refractivity contribution in [1.29, 1.82) is 0 Å². The first-order chi connectivity index (χ1) is 17.3. The normalized spacial score (nSPS) is 16.8. The summed E-state index contributed by atoms with van der Waals surface area (Å²) in [4.78, 5) is 40.2. The summed E-state index contributed by atoms with van der Waals surface area (Å²) in [5, 5.41) is 11.7. The fraction of sp³-hybridized carbons (Fsp3) is 0.179. The summed E-state index contributed by atoms with van der Waals surface area (Å²) >= 11 is 6.17. The van der Waals surface area contributed by atoms with Gasteiger partial charge in [0.05, 0.1) is 37.0 Å². The predicted molar refractivity (Wildman–Crippen MR) is 136 cm³/mol. The molecule has 1 fully saturated rings. The average Bonchev–Trinajstić information content (AvgIpc) is 3.17. The van der Waals surface area contributed by atoms with E-state index in [1.165, 1.54) is 31.3 Å². The van der Waals surface area contributed by atoms with Gasteiger partial charge in [-0.15, -0.1) is 0 Å². The first-order valence-electron chi connectivity index (χ1n) is 11.2. The second-order valence-electron chi connectivity index (χ2n) is 8.15. The summed E-state index contributed by atoms with van der Waals surface area (Å²) < 4.78 is 10.2. The Balaban J connectivity index is 1.97. The van der Waals surface area contributed by atoms with Gasteiger partial charge in [-0.3, -0.25) is 14.5 Å². The molecule has 0 spiro atoms. The van der Waals surface area contributed by atoms with Crippen LogP contribution in [0, 0.1) is 0 Å². The zero-order chi connectivity index (χ0) is 26.0. The lowest BCUT2D eigenvalue weighted by Gasteiger charge is -2.26. The number of carbonyl (C=O) groups excluding carboxylic acids is 3. The van der Waals surface area contributed by atoms with Gasteiger partial charge in [-0.25, -0.2) is 4.79 Å². The number of hydrogen-bond donors (Lipinski definition) is 1. The Morgan fingerprint density at radius 3 is 2.39 bits per heavy atom. The Hall–Kier alpha value is -4.10. The molecular formula is C28H24ClNO6. The highest BCUT2D eigenvalue weighted by molar-refractivity contribution is 6.51. The first-order valence-corrected chi connectivity index (χ1v) is 11.6. The van der Waals surface area contributed by atoms with Gasteiger partial charge < -0.3 is 14.6 Å². The van der Waals surface area contributed by atoms with E-state index in [2.05, 4.69) is 0 Å². The molecule has 0 aromatic heterocycles. The Bertz CT molecular complexity index is 1380. The molecular weight excluding hydrogens is 482 g/mol. The van der Waals surface area contributed by atoms with Crippen LogP contribution in [0.25, 0.3) is 5.76 Å². The van der Waals surface area contributed by atoms with E-state index >= 15 is 0 Å². The maximum atomic E-state index is 13.4. The van der Waals surface area contributed by atoms with Crippen molar-refractivity contribution in [3.8, 4) is 5.75 Å². The Morgan fingerprint density at radius 2 is 1.75 bits per heavy atom. The molecule has 0 radical (unpaired) electrons. The van der Waals surface area contributed by atoms with E-state index in [9.17, 15) is 19.5 Å². The summed E-state index contributed by atoms with van der Waals surface area (Å²) in [7, 11) is 2.69. The molecule has 0 bridgehead atoms. The van der Waals surface area contributed by atoms with Crippen LogP contribution in [-0.2, 0) is 20.7 Å². The van der Waals surface area contributed by atoms with Gasteiger partial charge in [-0.2, -0.15) is 0 Å². The maximum absolute atomic E-state index is 13.4. The van der Waals surface area contributed by atoms with E-state index in [0.717, 1.165) is 12.0 Å². The molecule has 1 aliphatic heterocycles. The molecule has 1 saturated heterocycles. The molecule has 8 heteroatoms. The number of ether oxygens (including phenoxy) is 2. The van der Waals surface area contributed by atoms with Crippen molar-refractivity contribution >= 4 is 40.7 Å². The smallest absolute Gasteiger partial charge is 0.337 e. The number of anilines is 1. The number of methoxy groups -OCH3 is 2.